The zero-order valence-corrected chi connectivity index (χ0v) is 16.8. The fourth-order valence-corrected chi connectivity index (χ4v) is 3.36. The molecule has 8 heteroatoms. The third kappa shape index (κ3) is 3.52. The summed E-state index contributed by atoms with van der Waals surface area (Å²) in [4.78, 5) is 56.2. The van der Waals surface area contributed by atoms with Crippen LogP contribution in [-0.4, -0.2) is 39.4 Å². The van der Waals surface area contributed by atoms with Crippen LogP contribution in [0.5, 0.6) is 0 Å². The van der Waals surface area contributed by atoms with Crippen LogP contribution in [0.2, 0.25) is 0 Å². The van der Waals surface area contributed by atoms with E-state index in [1.807, 2.05) is 0 Å². The summed E-state index contributed by atoms with van der Waals surface area (Å²) in [7, 11) is 0. The third-order valence-corrected chi connectivity index (χ3v) is 4.75. The predicted molar refractivity (Wildman–Crippen MR) is 104 cm³/mol. The van der Waals surface area contributed by atoms with E-state index in [1.54, 1.807) is 45.0 Å². The van der Waals surface area contributed by atoms with Gasteiger partial charge < -0.3 is 9.57 Å². The maximum atomic E-state index is 12.6. The number of fused-ring (bicyclic) bond motifs is 2. The number of amides is 3. The Kier molecular flexibility index (Phi) is 4.57. The topological polar surface area (TPSA) is 93.2 Å². The minimum atomic E-state index is -0.831. The molecule has 0 bridgehead atoms. The van der Waals surface area contributed by atoms with Crippen LogP contribution >= 0.6 is 0 Å². The monoisotopic (exact) mass is 408 g/mol. The van der Waals surface area contributed by atoms with E-state index in [0.29, 0.717) is 18.2 Å². The molecule has 0 aromatic heterocycles. The van der Waals surface area contributed by atoms with Gasteiger partial charge in [0.1, 0.15) is 5.60 Å². The Bertz CT molecular complexity index is 1050. The average Bonchev–Trinajstić information content (AvgIpc) is 3.22. The molecule has 0 N–H and O–H groups in total. The lowest BCUT2D eigenvalue weighted by atomic mass is 10.1. The highest BCUT2D eigenvalue weighted by Gasteiger charge is 2.39. The van der Waals surface area contributed by atoms with Gasteiger partial charge >= 0.3 is 12.1 Å². The van der Waals surface area contributed by atoms with Crippen LogP contribution in [0.25, 0.3) is 0 Å². The first-order chi connectivity index (χ1) is 14.1. The number of hydroxylamine groups is 2. The average molecular weight is 408 g/mol. The van der Waals surface area contributed by atoms with Gasteiger partial charge in [-0.25, -0.2) is 9.59 Å². The normalized spacial score (nSPS) is 15.2. The molecular weight excluding hydrogens is 388 g/mol. The molecule has 2 aliphatic rings. The maximum Gasteiger partial charge on any atom is 0.410 e. The van der Waals surface area contributed by atoms with E-state index in [2.05, 4.69) is 0 Å². The number of nitrogens with zero attached hydrogens (tertiary/aromatic N) is 2. The lowest BCUT2D eigenvalue weighted by Gasteiger charge is -2.24. The molecule has 0 unspecified atom stereocenters. The van der Waals surface area contributed by atoms with Crippen molar-refractivity contribution < 1.29 is 28.8 Å². The Labute approximate surface area is 172 Å². The van der Waals surface area contributed by atoms with Crippen LogP contribution in [0.3, 0.4) is 0 Å². The zero-order valence-electron chi connectivity index (χ0n) is 16.8. The second-order valence-corrected chi connectivity index (χ2v) is 8.15. The van der Waals surface area contributed by atoms with Crippen molar-refractivity contribution >= 4 is 23.9 Å². The van der Waals surface area contributed by atoms with Gasteiger partial charge in [0.2, 0.25) is 0 Å². The van der Waals surface area contributed by atoms with Crippen molar-refractivity contribution in [1.29, 1.82) is 0 Å². The molecule has 154 valence electrons. The fraction of sp³-hybridized carbons (Fsp3) is 0.273. The molecule has 0 saturated heterocycles. The first kappa shape index (κ1) is 19.6. The van der Waals surface area contributed by atoms with Crippen molar-refractivity contribution in [2.45, 2.75) is 39.5 Å². The van der Waals surface area contributed by atoms with Crippen LogP contribution < -0.4 is 0 Å². The fourth-order valence-electron chi connectivity index (χ4n) is 3.36. The number of hydrogen-bond donors (Lipinski definition) is 0. The number of carbonyl (C=O) groups excluding carboxylic acids is 4. The van der Waals surface area contributed by atoms with Crippen molar-refractivity contribution in [2.75, 3.05) is 0 Å². The molecular formula is C22H20N2O6. The zero-order chi connectivity index (χ0) is 21.6. The van der Waals surface area contributed by atoms with Crippen molar-refractivity contribution in [3.63, 3.8) is 0 Å². The quantitative estimate of drug-likeness (QED) is 0.708. The highest BCUT2D eigenvalue weighted by Crippen LogP contribution is 2.27. The molecule has 0 saturated carbocycles. The maximum absolute atomic E-state index is 12.6. The number of rotatable bonds is 2. The van der Waals surface area contributed by atoms with Crippen molar-refractivity contribution in [2.24, 2.45) is 0 Å². The largest absolute Gasteiger partial charge is 0.444 e. The number of hydrogen-bond acceptors (Lipinski definition) is 6. The summed E-state index contributed by atoms with van der Waals surface area (Å²) in [5.41, 5.74) is 1.62. The Morgan fingerprint density at radius 3 is 2.10 bits per heavy atom. The van der Waals surface area contributed by atoms with Crippen LogP contribution in [0, 0.1) is 0 Å². The standard InChI is InChI=1S/C22H20N2O6/c1-22(2,3)29-21(28)23-11-14-9-8-13(10-15(14)12-23)20(27)30-24-18(25)16-6-4-5-7-17(16)19(24)26/h4-10H,11-12H2,1-3H3. The van der Waals surface area contributed by atoms with Crippen molar-refractivity contribution in [1.82, 2.24) is 9.96 Å². The predicted octanol–water partition coefficient (Wildman–Crippen LogP) is 3.31. The Balaban J connectivity index is 1.47. The molecule has 2 aromatic carbocycles. The first-order valence-corrected chi connectivity index (χ1v) is 9.44. The number of carbonyl (C=O) groups is 4. The van der Waals surface area contributed by atoms with Gasteiger partial charge in [-0.2, -0.15) is 0 Å². The van der Waals surface area contributed by atoms with Gasteiger partial charge in [-0.15, -0.1) is 0 Å². The summed E-state index contributed by atoms with van der Waals surface area (Å²) in [5, 5.41) is 0.479. The molecule has 2 aromatic rings. The summed E-state index contributed by atoms with van der Waals surface area (Å²) >= 11 is 0. The highest BCUT2D eigenvalue weighted by molar-refractivity contribution is 6.21. The molecule has 4 rings (SSSR count). The van der Waals surface area contributed by atoms with Gasteiger partial charge in [0, 0.05) is 13.1 Å². The molecule has 0 radical (unpaired) electrons. The summed E-state index contributed by atoms with van der Waals surface area (Å²) in [6.45, 7) is 6.04. The van der Waals surface area contributed by atoms with Crippen LogP contribution in [0.1, 0.15) is 63.0 Å². The second-order valence-electron chi connectivity index (χ2n) is 8.15. The Hall–Kier alpha value is -3.68. The summed E-state index contributed by atoms with van der Waals surface area (Å²) in [6, 6.07) is 11.1. The van der Waals surface area contributed by atoms with Gasteiger partial charge in [0.05, 0.1) is 16.7 Å². The molecule has 0 fully saturated rings. The van der Waals surface area contributed by atoms with Gasteiger partial charge in [-0.1, -0.05) is 23.3 Å². The molecule has 8 nitrogen and oxygen atoms in total. The van der Waals surface area contributed by atoms with Crippen LogP contribution in [0.4, 0.5) is 4.79 Å². The molecule has 0 atom stereocenters. The van der Waals surface area contributed by atoms with Crippen molar-refractivity contribution in [3.8, 4) is 0 Å². The Morgan fingerprint density at radius 2 is 1.50 bits per heavy atom. The number of imide groups is 1. The lowest BCUT2D eigenvalue weighted by molar-refractivity contribution is -0.0584. The lowest BCUT2D eigenvalue weighted by Crippen LogP contribution is -2.33. The molecule has 2 aliphatic heterocycles. The smallest absolute Gasteiger partial charge is 0.410 e. The Morgan fingerprint density at radius 1 is 0.900 bits per heavy atom. The first-order valence-electron chi connectivity index (χ1n) is 9.44. The third-order valence-electron chi connectivity index (χ3n) is 4.75. The van der Waals surface area contributed by atoms with Gasteiger partial charge in [-0.3, -0.25) is 14.5 Å². The van der Waals surface area contributed by atoms with Gasteiger partial charge in [-0.05, 0) is 56.2 Å². The second kappa shape index (κ2) is 6.98. The van der Waals surface area contributed by atoms with Gasteiger partial charge in [0.25, 0.3) is 11.8 Å². The minimum absolute atomic E-state index is 0.177. The van der Waals surface area contributed by atoms with E-state index in [-0.39, 0.29) is 16.7 Å². The van der Waals surface area contributed by atoms with Crippen LogP contribution in [-0.2, 0) is 22.7 Å². The molecule has 0 aliphatic carbocycles. The van der Waals surface area contributed by atoms with Gasteiger partial charge in [0.15, 0.2) is 0 Å². The van der Waals surface area contributed by atoms with Crippen molar-refractivity contribution in [3.05, 3.63) is 70.3 Å². The minimum Gasteiger partial charge on any atom is -0.444 e. The molecule has 3 amide bonds. The van der Waals surface area contributed by atoms with E-state index in [4.69, 9.17) is 9.57 Å². The summed E-state index contributed by atoms with van der Waals surface area (Å²) in [6.07, 6.45) is -0.436. The SMILES string of the molecule is CC(C)(C)OC(=O)N1Cc2ccc(C(=O)ON3C(=O)c4ccccc4C3=O)cc2C1. The molecule has 30 heavy (non-hydrogen) atoms. The summed E-state index contributed by atoms with van der Waals surface area (Å²) in [5.74, 6) is -2.19. The van der Waals surface area contributed by atoms with E-state index in [1.165, 1.54) is 23.1 Å². The summed E-state index contributed by atoms with van der Waals surface area (Å²) < 4.78 is 5.39. The molecule has 0 spiro atoms. The van der Waals surface area contributed by atoms with E-state index < -0.39 is 29.5 Å². The van der Waals surface area contributed by atoms with E-state index in [9.17, 15) is 19.2 Å². The number of ether oxygens (including phenoxy) is 1. The highest BCUT2D eigenvalue weighted by atomic mass is 16.7. The molecule has 2 heterocycles. The van der Waals surface area contributed by atoms with E-state index >= 15 is 0 Å². The van der Waals surface area contributed by atoms with Crippen LogP contribution in [0.15, 0.2) is 42.5 Å². The number of benzene rings is 2. The van der Waals surface area contributed by atoms with E-state index in [0.717, 1.165) is 11.1 Å².